The third kappa shape index (κ3) is 5.66. The minimum atomic E-state index is -0.825. The molecule has 5 nitrogen and oxygen atoms in total. The van der Waals surface area contributed by atoms with Crippen LogP contribution in [0.5, 0.6) is 0 Å². The van der Waals surface area contributed by atoms with Gasteiger partial charge in [0.05, 0.1) is 5.02 Å². The van der Waals surface area contributed by atoms with E-state index in [1.54, 1.807) is 19.3 Å². The van der Waals surface area contributed by atoms with Crippen molar-refractivity contribution in [3.63, 3.8) is 0 Å². The van der Waals surface area contributed by atoms with Crippen molar-refractivity contribution in [1.82, 2.24) is 15.6 Å². The van der Waals surface area contributed by atoms with Gasteiger partial charge in [-0.05, 0) is 36.6 Å². The summed E-state index contributed by atoms with van der Waals surface area (Å²) in [7, 11) is 1.68. The first-order valence-corrected chi connectivity index (χ1v) is 9.22. The average Bonchev–Trinajstić information content (AvgIpc) is 3.13. The first kappa shape index (κ1) is 22.6. The number of aromatic nitrogens is 1. The Morgan fingerprint density at radius 1 is 1.32 bits per heavy atom. The number of rotatable bonds is 5. The summed E-state index contributed by atoms with van der Waals surface area (Å²) in [6, 6.07) is 8.05. The molecule has 28 heavy (non-hydrogen) atoms. The molecule has 0 bridgehead atoms. The zero-order valence-electron chi connectivity index (χ0n) is 15.5. The minimum absolute atomic E-state index is 0. The molecule has 0 radical (unpaired) electrons. The van der Waals surface area contributed by atoms with E-state index in [2.05, 4.69) is 25.5 Å². The maximum atomic E-state index is 13.7. The van der Waals surface area contributed by atoms with Gasteiger partial charge in [0.15, 0.2) is 17.6 Å². The van der Waals surface area contributed by atoms with Crippen molar-refractivity contribution in [2.45, 2.75) is 18.9 Å². The smallest absolute Gasteiger partial charge is 0.191 e. The number of aliphatic imine (C=N–C) groups is 1. The molecule has 1 saturated heterocycles. The van der Waals surface area contributed by atoms with E-state index in [9.17, 15) is 8.78 Å². The summed E-state index contributed by atoms with van der Waals surface area (Å²) < 4.78 is 27.0. The number of nitrogens with zero attached hydrogens (tertiary/aromatic N) is 3. The van der Waals surface area contributed by atoms with Gasteiger partial charge in [0.1, 0.15) is 5.82 Å². The van der Waals surface area contributed by atoms with E-state index in [-0.39, 0.29) is 30.0 Å². The number of hydrogen-bond donors (Lipinski definition) is 2. The molecule has 2 heterocycles. The average molecular weight is 522 g/mol. The van der Waals surface area contributed by atoms with Gasteiger partial charge in [-0.2, -0.15) is 0 Å². The van der Waals surface area contributed by atoms with Crippen LogP contribution in [0.2, 0.25) is 5.02 Å². The number of nitrogens with one attached hydrogen (secondary N) is 2. The second kappa shape index (κ2) is 10.8. The van der Waals surface area contributed by atoms with E-state index in [1.807, 2.05) is 12.1 Å². The van der Waals surface area contributed by atoms with E-state index in [4.69, 9.17) is 11.6 Å². The molecule has 2 aromatic rings. The molecule has 1 atom stereocenters. The van der Waals surface area contributed by atoms with Gasteiger partial charge in [0, 0.05) is 38.9 Å². The van der Waals surface area contributed by atoms with Crippen LogP contribution < -0.4 is 15.5 Å². The fourth-order valence-corrected chi connectivity index (χ4v) is 3.37. The van der Waals surface area contributed by atoms with Crippen LogP contribution in [0.4, 0.5) is 14.6 Å². The molecule has 0 saturated carbocycles. The van der Waals surface area contributed by atoms with Gasteiger partial charge >= 0.3 is 0 Å². The van der Waals surface area contributed by atoms with Crippen molar-refractivity contribution in [2.24, 2.45) is 4.99 Å². The molecule has 1 fully saturated rings. The summed E-state index contributed by atoms with van der Waals surface area (Å²) in [5.74, 6) is -0.200. The molecule has 0 spiro atoms. The standard InChI is InChI=1S/C19H22ClF2N5.HI/c1-23-19(25-10-7-13-4-2-6-16(21)17(13)22)26-14-8-11-27(12-14)18-15(20)5-3-9-24-18;/h2-6,9,14H,7-8,10-12H2,1H3,(H2,23,25,26);1H. The molecule has 1 unspecified atom stereocenters. The second-order valence-corrected chi connectivity index (χ2v) is 6.75. The number of guanidine groups is 1. The van der Waals surface area contributed by atoms with E-state index in [0.29, 0.717) is 29.5 Å². The van der Waals surface area contributed by atoms with Gasteiger partial charge in [-0.3, -0.25) is 4.99 Å². The number of halogens is 4. The van der Waals surface area contributed by atoms with E-state index in [0.717, 1.165) is 31.4 Å². The molecule has 152 valence electrons. The van der Waals surface area contributed by atoms with Crippen LogP contribution in [0.15, 0.2) is 41.5 Å². The second-order valence-electron chi connectivity index (χ2n) is 6.35. The molecule has 1 aliphatic heterocycles. The monoisotopic (exact) mass is 521 g/mol. The van der Waals surface area contributed by atoms with Gasteiger partial charge in [-0.25, -0.2) is 13.8 Å². The molecule has 2 N–H and O–H groups in total. The fraction of sp³-hybridized carbons (Fsp3) is 0.368. The SMILES string of the molecule is CN=C(NCCc1cccc(F)c1F)NC1CCN(c2ncccc2Cl)C1.I. The quantitative estimate of drug-likeness (QED) is 0.359. The van der Waals surface area contributed by atoms with Crippen LogP contribution in [0.25, 0.3) is 0 Å². The van der Waals surface area contributed by atoms with Gasteiger partial charge in [0.2, 0.25) is 0 Å². The lowest BCUT2D eigenvalue weighted by Crippen LogP contribution is -2.45. The fourth-order valence-electron chi connectivity index (χ4n) is 3.13. The van der Waals surface area contributed by atoms with Crippen molar-refractivity contribution >= 4 is 47.4 Å². The molecular formula is C19H23ClF2IN5. The van der Waals surface area contributed by atoms with Crippen molar-refractivity contribution in [2.75, 3.05) is 31.6 Å². The predicted molar refractivity (Wildman–Crippen MR) is 120 cm³/mol. The maximum absolute atomic E-state index is 13.7. The topological polar surface area (TPSA) is 52.6 Å². The van der Waals surface area contributed by atoms with Crippen LogP contribution in [0, 0.1) is 11.6 Å². The largest absolute Gasteiger partial charge is 0.356 e. The Kier molecular flexibility index (Phi) is 8.68. The first-order chi connectivity index (χ1) is 13.1. The van der Waals surface area contributed by atoms with Crippen LogP contribution in [-0.2, 0) is 6.42 Å². The summed E-state index contributed by atoms with van der Waals surface area (Å²) in [4.78, 5) is 10.7. The lowest BCUT2D eigenvalue weighted by molar-refractivity contribution is 0.498. The van der Waals surface area contributed by atoms with Crippen LogP contribution in [0.1, 0.15) is 12.0 Å². The number of pyridine rings is 1. The minimum Gasteiger partial charge on any atom is -0.356 e. The summed E-state index contributed by atoms with van der Waals surface area (Å²) >= 11 is 6.22. The number of hydrogen-bond acceptors (Lipinski definition) is 3. The summed E-state index contributed by atoms with van der Waals surface area (Å²) in [6.07, 6.45) is 3.02. The zero-order chi connectivity index (χ0) is 19.2. The van der Waals surface area contributed by atoms with Crippen molar-refractivity contribution in [3.05, 3.63) is 58.7 Å². The molecule has 9 heteroatoms. The van der Waals surface area contributed by atoms with E-state index in [1.165, 1.54) is 6.07 Å². The molecule has 0 amide bonds. The highest BCUT2D eigenvalue weighted by Crippen LogP contribution is 2.25. The summed E-state index contributed by atoms with van der Waals surface area (Å²) in [6.45, 7) is 2.05. The Morgan fingerprint density at radius 3 is 2.89 bits per heavy atom. The molecule has 1 aliphatic rings. The van der Waals surface area contributed by atoms with Gasteiger partial charge < -0.3 is 15.5 Å². The molecule has 3 rings (SSSR count). The lowest BCUT2D eigenvalue weighted by atomic mass is 10.1. The highest BCUT2D eigenvalue weighted by atomic mass is 127. The Morgan fingerprint density at radius 2 is 2.14 bits per heavy atom. The van der Waals surface area contributed by atoms with Gasteiger partial charge in [-0.1, -0.05) is 23.7 Å². The van der Waals surface area contributed by atoms with Crippen LogP contribution in [0.3, 0.4) is 0 Å². The lowest BCUT2D eigenvalue weighted by Gasteiger charge is -2.20. The Bertz CT molecular complexity index is 821. The van der Waals surface area contributed by atoms with E-state index >= 15 is 0 Å². The van der Waals surface area contributed by atoms with Crippen LogP contribution >= 0.6 is 35.6 Å². The third-order valence-corrected chi connectivity index (χ3v) is 4.80. The molecule has 0 aliphatic carbocycles. The van der Waals surface area contributed by atoms with Crippen LogP contribution in [-0.4, -0.2) is 43.7 Å². The van der Waals surface area contributed by atoms with Gasteiger partial charge in [-0.15, -0.1) is 24.0 Å². The van der Waals surface area contributed by atoms with E-state index < -0.39 is 11.6 Å². The zero-order valence-corrected chi connectivity index (χ0v) is 18.5. The molecular weight excluding hydrogens is 499 g/mol. The molecule has 1 aromatic carbocycles. The summed E-state index contributed by atoms with van der Waals surface area (Å²) in [5.41, 5.74) is 0.342. The maximum Gasteiger partial charge on any atom is 0.191 e. The first-order valence-electron chi connectivity index (χ1n) is 8.84. The van der Waals surface area contributed by atoms with Crippen molar-refractivity contribution in [1.29, 1.82) is 0 Å². The van der Waals surface area contributed by atoms with Crippen molar-refractivity contribution < 1.29 is 8.78 Å². The highest BCUT2D eigenvalue weighted by Gasteiger charge is 2.25. The summed E-state index contributed by atoms with van der Waals surface area (Å²) in [5, 5.41) is 7.14. The predicted octanol–water partition coefficient (Wildman–Crippen LogP) is 3.62. The third-order valence-electron chi connectivity index (χ3n) is 4.51. The number of anilines is 1. The van der Waals surface area contributed by atoms with Gasteiger partial charge in [0.25, 0.3) is 0 Å². The molecule has 1 aromatic heterocycles. The Labute approximate surface area is 185 Å². The number of benzene rings is 1. The Balaban J connectivity index is 0.00000280. The normalized spacial score (nSPS) is 16.6. The Hall–Kier alpha value is -1.68. The van der Waals surface area contributed by atoms with Crippen molar-refractivity contribution in [3.8, 4) is 0 Å². The highest BCUT2D eigenvalue weighted by molar-refractivity contribution is 14.0.